The highest BCUT2D eigenvalue weighted by molar-refractivity contribution is 6.03. The molecule has 0 bridgehead atoms. The summed E-state index contributed by atoms with van der Waals surface area (Å²) in [6.07, 6.45) is 3.82. The number of halogens is 3. The van der Waals surface area contributed by atoms with E-state index in [9.17, 15) is 18.0 Å². The van der Waals surface area contributed by atoms with E-state index in [0.29, 0.717) is 24.1 Å². The number of carbonyl (C=O) groups excluding carboxylic acids is 1. The van der Waals surface area contributed by atoms with Gasteiger partial charge in [0.2, 0.25) is 0 Å². The average molecular weight is 517 g/mol. The number of benzene rings is 1. The number of hydrogen-bond donors (Lipinski definition) is 3. The van der Waals surface area contributed by atoms with Crippen LogP contribution in [-0.4, -0.2) is 45.8 Å². The topological polar surface area (TPSA) is 120 Å². The maximum Gasteiger partial charge on any atom is 0.274 e. The number of aliphatic hydroxyl groups excluding tert-OH is 1. The molecule has 1 aromatic carbocycles. The van der Waals surface area contributed by atoms with E-state index < -0.39 is 46.3 Å². The van der Waals surface area contributed by atoms with Crippen molar-refractivity contribution in [3.63, 3.8) is 0 Å². The molecule has 0 radical (unpaired) electrons. The molecule has 1 aliphatic rings. The van der Waals surface area contributed by atoms with Gasteiger partial charge in [-0.25, -0.2) is 18.2 Å². The first-order chi connectivity index (χ1) is 17.6. The highest BCUT2D eigenvalue weighted by Crippen LogP contribution is 2.39. The molecule has 2 aromatic heterocycles. The van der Waals surface area contributed by atoms with E-state index in [1.807, 2.05) is 13.8 Å². The third-order valence-corrected chi connectivity index (χ3v) is 5.87. The molecule has 1 amide bonds. The highest BCUT2D eigenvalue weighted by Gasteiger charge is 2.35. The lowest BCUT2D eigenvalue weighted by atomic mass is 9.88. The SMILES string of the molecule is CC1(C)C[C@H](N)C[C@@H](c2ccncc2NC(=O)c2ccc(F)c(-c3c(F)cc(OCCO)cc3F)n2)O1. The number of carbonyl (C=O) groups is 1. The number of pyridine rings is 2. The predicted octanol–water partition coefficient (Wildman–Crippen LogP) is 4.14. The molecule has 1 fully saturated rings. The number of aromatic nitrogens is 2. The number of anilines is 1. The van der Waals surface area contributed by atoms with Gasteiger partial charge in [0, 0.05) is 29.9 Å². The molecule has 196 valence electrons. The van der Waals surface area contributed by atoms with Gasteiger partial charge in [-0.2, -0.15) is 0 Å². The molecule has 3 aromatic rings. The fraction of sp³-hybridized carbons (Fsp3) is 0.346. The van der Waals surface area contributed by atoms with Crippen LogP contribution < -0.4 is 15.8 Å². The number of aliphatic hydroxyl groups is 1. The lowest BCUT2D eigenvalue weighted by Gasteiger charge is -2.40. The Morgan fingerprint density at radius 1 is 1.22 bits per heavy atom. The van der Waals surface area contributed by atoms with Gasteiger partial charge in [0.1, 0.15) is 41.2 Å². The first-order valence-corrected chi connectivity index (χ1v) is 11.7. The summed E-state index contributed by atoms with van der Waals surface area (Å²) < 4.78 is 55.2. The molecule has 0 saturated carbocycles. The first kappa shape index (κ1) is 26.5. The van der Waals surface area contributed by atoms with Crippen LogP contribution in [0.15, 0.2) is 42.7 Å². The van der Waals surface area contributed by atoms with Gasteiger partial charge in [0.15, 0.2) is 0 Å². The van der Waals surface area contributed by atoms with Crippen LogP contribution in [0.25, 0.3) is 11.3 Å². The third kappa shape index (κ3) is 6.07. The zero-order valence-electron chi connectivity index (χ0n) is 20.3. The Hall–Kier alpha value is -3.54. The second-order valence-corrected chi connectivity index (χ2v) is 9.34. The zero-order chi connectivity index (χ0) is 26.7. The lowest BCUT2D eigenvalue weighted by molar-refractivity contribution is -0.114. The Kier molecular flexibility index (Phi) is 7.76. The molecule has 0 aliphatic carbocycles. The normalized spacial score (nSPS) is 18.9. The molecule has 4 rings (SSSR count). The van der Waals surface area contributed by atoms with Crippen molar-refractivity contribution in [1.29, 1.82) is 0 Å². The number of nitrogens with two attached hydrogens (primary N) is 1. The summed E-state index contributed by atoms with van der Waals surface area (Å²) in [5.41, 5.74) is 5.05. The Bertz CT molecular complexity index is 1280. The fourth-order valence-corrected chi connectivity index (χ4v) is 4.41. The summed E-state index contributed by atoms with van der Waals surface area (Å²) in [4.78, 5) is 21.0. The highest BCUT2D eigenvalue weighted by atomic mass is 19.1. The Morgan fingerprint density at radius 2 is 1.95 bits per heavy atom. The van der Waals surface area contributed by atoms with Gasteiger partial charge < -0.3 is 25.6 Å². The monoisotopic (exact) mass is 516 g/mol. The van der Waals surface area contributed by atoms with Gasteiger partial charge in [-0.1, -0.05) is 0 Å². The number of rotatable bonds is 7. The van der Waals surface area contributed by atoms with Crippen molar-refractivity contribution in [3.8, 4) is 17.0 Å². The van der Waals surface area contributed by atoms with Gasteiger partial charge in [-0.15, -0.1) is 0 Å². The Morgan fingerprint density at radius 3 is 2.62 bits per heavy atom. The Labute approximate surface area is 211 Å². The number of nitrogens with one attached hydrogen (secondary N) is 1. The maximum atomic E-state index is 14.7. The molecule has 37 heavy (non-hydrogen) atoms. The van der Waals surface area contributed by atoms with Gasteiger partial charge in [0.25, 0.3) is 5.91 Å². The van der Waals surface area contributed by atoms with Crippen molar-refractivity contribution in [2.24, 2.45) is 5.73 Å². The number of hydrogen-bond acceptors (Lipinski definition) is 7. The van der Waals surface area contributed by atoms with E-state index in [0.717, 1.165) is 24.3 Å². The second kappa shape index (κ2) is 10.8. The second-order valence-electron chi connectivity index (χ2n) is 9.34. The molecule has 1 aliphatic heterocycles. The minimum Gasteiger partial charge on any atom is -0.491 e. The fourth-order valence-electron chi connectivity index (χ4n) is 4.41. The molecule has 1 saturated heterocycles. The minimum atomic E-state index is -1.14. The average Bonchev–Trinajstić information content (AvgIpc) is 2.82. The van der Waals surface area contributed by atoms with Crippen LogP contribution in [0.4, 0.5) is 18.9 Å². The molecule has 11 heteroatoms. The van der Waals surface area contributed by atoms with Crippen molar-refractivity contribution < 1.29 is 32.5 Å². The smallest absolute Gasteiger partial charge is 0.274 e. The first-order valence-electron chi connectivity index (χ1n) is 11.7. The van der Waals surface area contributed by atoms with E-state index in [-0.39, 0.29) is 30.7 Å². The van der Waals surface area contributed by atoms with Crippen LogP contribution in [0.1, 0.15) is 48.8 Å². The van der Waals surface area contributed by atoms with E-state index in [2.05, 4.69) is 15.3 Å². The van der Waals surface area contributed by atoms with Crippen LogP contribution >= 0.6 is 0 Å². The quantitative estimate of drug-likeness (QED) is 0.432. The zero-order valence-corrected chi connectivity index (χ0v) is 20.3. The predicted molar refractivity (Wildman–Crippen MR) is 129 cm³/mol. The molecule has 3 heterocycles. The van der Waals surface area contributed by atoms with Crippen molar-refractivity contribution in [1.82, 2.24) is 9.97 Å². The van der Waals surface area contributed by atoms with Crippen molar-refractivity contribution in [2.75, 3.05) is 18.5 Å². The molecule has 8 nitrogen and oxygen atoms in total. The largest absolute Gasteiger partial charge is 0.491 e. The van der Waals surface area contributed by atoms with E-state index >= 15 is 0 Å². The summed E-state index contributed by atoms with van der Waals surface area (Å²) in [5.74, 6) is -4.22. The Balaban J connectivity index is 1.62. The minimum absolute atomic E-state index is 0.1000. The van der Waals surface area contributed by atoms with Gasteiger partial charge in [-0.05, 0) is 44.9 Å². The van der Waals surface area contributed by atoms with Crippen LogP contribution in [0.5, 0.6) is 5.75 Å². The lowest BCUT2D eigenvalue weighted by Crippen LogP contribution is -2.42. The van der Waals surface area contributed by atoms with Gasteiger partial charge in [0.05, 0.1) is 35.8 Å². The molecule has 0 spiro atoms. The summed E-state index contributed by atoms with van der Waals surface area (Å²) in [7, 11) is 0. The molecule has 0 unspecified atom stereocenters. The van der Waals surface area contributed by atoms with Gasteiger partial charge >= 0.3 is 0 Å². The molecule has 2 atom stereocenters. The maximum absolute atomic E-state index is 14.7. The van der Waals surface area contributed by atoms with Crippen LogP contribution in [0, 0.1) is 17.5 Å². The van der Waals surface area contributed by atoms with E-state index in [1.165, 1.54) is 6.20 Å². The van der Waals surface area contributed by atoms with Crippen LogP contribution in [-0.2, 0) is 4.74 Å². The number of ether oxygens (including phenoxy) is 2. The summed E-state index contributed by atoms with van der Waals surface area (Å²) in [6.45, 7) is 3.35. The van der Waals surface area contributed by atoms with Crippen molar-refractivity contribution in [2.45, 2.75) is 44.4 Å². The van der Waals surface area contributed by atoms with Crippen LogP contribution in [0.3, 0.4) is 0 Å². The molecular formula is C26H27F3N4O4. The number of nitrogens with zero attached hydrogens (tertiary/aromatic N) is 2. The van der Waals surface area contributed by atoms with Crippen molar-refractivity contribution in [3.05, 3.63) is 71.4 Å². The third-order valence-electron chi connectivity index (χ3n) is 5.87. The van der Waals surface area contributed by atoms with E-state index in [4.69, 9.17) is 20.3 Å². The summed E-state index contributed by atoms with van der Waals surface area (Å²) in [6, 6.07) is 5.32. The molecular weight excluding hydrogens is 489 g/mol. The summed E-state index contributed by atoms with van der Waals surface area (Å²) in [5, 5.41) is 11.5. The summed E-state index contributed by atoms with van der Waals surface area (Å²) >= 11 is 0. The van der Waals surface area contributed by atoms with Crippen molar-refractivity contribution >= 4 is 11.6 Å². The van der Waals surface area contributed by atoms with Gasteiger partial charge in [-0.3, -0.25) is 9.78 Å². The molecule has 4 N–H and O–H groups in total. The number of amides is 1. The van der Waals surface area contributed by atoms with E-state index in [1.54, 1.807) is 12.3 Å². The standard InChI is InChI=1S/C26H27F3N4O4/c1-26(2)12-14(30)9-22(37-26)16-5-6-31-13-21(16)33-25(35)20-4-3-17(27)24(32-20)23-18(28)10-15(11-19(23)29)36-8-7-34/h3-6,10-11,13-14,22,34H,7-9,12,30H2,1-2H3,(H,33,35)/t14-,22+/m1/s1. The van der Waals surface area contributed by atoms with Crippen LogP contribution in [0.2, 0.25) is 0 Å².